The number of hydroxylamine groups is 1. The van der Waals surface area contributed by atoms with Gasteiger partial charge in [-0.2, -0.15) is 0 Å². The van der Waals surface area contributed by atoms with Crippen molar-refractivity contribution < 1.29 is 19.2 Å². The first-order valence-corrected chi connectivity index (χ1v) is 7.30. The van der Waals surface area contributed by atoms with E-state index in [4.69, 9.17) is 4.74 Å². The lowest BCUT2D eigenvalue weighted by Gasteiger charge is -2.14. The largest absolute Gasteiger partial charge is 0.461 e. The standard InChI is InChI=1S/C14H20N2O4.C2H6/c1-9(2)15-12-6-5-11(8-20-10(3)17)13(7-12)14(18)16-19-4;1-2/h5-7,9,15H,8H2,1-4H3,(H,16,18);1-2H3. The Balaban J connectivity index is 0.00000211. The van der Waals surface area contributed by atoms with E-state index in [1.54, 1.807) is 12.1 Å². The fraction of sp³-hybridized carbons (Fsp3) is 0.500. The SMILES string of the molecule is CC.CONC(=O)c1cc(NC(C)C)ccc1COC(C)=O. The van der Waals surface area contributed by atoms with E-state index in [1.165, 1.54) is 14.0 Å². The molecule has 0 atom stereocenters. The van der Waals surface area contributed by atoms with E-state index in [-0.39, 0.29) is 18.6 Å². The van der Waals surface area contributed by atoms with Gasteiger partial charge in [-0.15, -0.1) is 0 Å². The fourth-order valence-corrected chi connectivity index (χ4v) is 1.66. The molecule has 1 aromatic carbocycles. The molecular weight excluding hydrogens is 284 g/mol. The summed E-state index contributed by atoms with van der Waals surface area (Å²) in [6.07, 6.45) is 0. The van der Waals surface area contributed by atoms with Crippen LogP contribution in [0.4, 0.5) is 5.69 Å². The lowest BCUT2D eigenvalue weighted by Crippen LogP contribution is -2.24. The molecule has 0 heterocycles. The molecule has 1 aromatic rings. The van der Waals surface area contributed by atoms with E-state index in [1.807, 2.05) is 33.8 Å². The van der Waals surface area contributed by atoms with Gasteiger partial charge in [-0.1, -0.05) is 19.9 Å². The number of benzene rings is 1. The summed E-state index contributed by atoms with van der Waals surface area (Å²) >= 11 is 0. The van der Waals surface area contributed by atoms with E-state index in [9.17, 15) is 9.59 Å². The van der Waals surface area contributed by atoms with Gasteiger partial charge in [0.25, 0.3) is 5.91 Å². The molecule has 2 N–H and O–H groups in total. The lowest BCUT2D eigenvalue weighted by molar-refractivity contribution is -0.142. The highest BCUT2D eigenvalue weighted by Gasteiger charge is 2.13. The van der Waals surface area contributed by atoms with Gasteiger partial charge in [0.05, 0.1) is 12.7 Å². The molecule has 6 nitrogen and oxygen atoms in total. The van der Waals surface area contributed by atoms with Crippen molar-refractivity contribution in [3.8, 4) is 0 Å². The average molecular weight is 310 g/mol. The van der Waals surface area contributed by atoms with Crippen LogP contribution in [0.25, 0.3) is 0 Å². The van der Waals surface area contributed by atoms with Crippen LogP contribution in [0.15, 0.2) is 18.2 Å². The molecule has 0 radical (unpaired) electrons. The van der Waals surface area contributed by atoms with Crippen LogP contribution in [0, 0.1) is 0 Å². The Labute approximate surface area is 132 Å². The summed E-state index contributed by atoms with van der Waals surface area (Å²) in [5.74, 6) is -0.783. The molecule has 1 rings (SSSR count). The highest BCUT2D eigenvalue weighted by atomic mass is 16.6. The van der Waals surface area contributed by atoms with Gasteiger partial charge in [0.1, 0.15) is 6.61 Å². The molecule has 1 amide bonds. The second-order valence-corrected chi connectivity index (χ2v) is 4.59. The summed E-state index contributed by atoms with van der Waals surface area (Å²) in [6, 6.07) is 5.53. The molecule has 0 aliphatic carbocycles. The summed E-state index contributed by atoms with van der Waals surface area (Å²) in [5.41, 5.74) is 4.09. The minimum atomic E-state index is -0.396. The van der Waals surface area contributed by atoms with Crippen LogP contribution < -0.4 is 10.8 Å². The summed E-state index contributed by atoms with van der Waals surface area (Å²) in [7, 11) is 1.36. The van der Waals surface area contributed by atoms with Crippen molar-refractivity contribution in [2.75, 3.05) is 12.4 Å². The third-order valence-corrected chi connectivity index (χ3v) is 2.44. The molecule has 0 saturated carbocycles. The molecule has 6 heteroatoms. The zero-order chi connectivity index (χ0) is 17.1. The Hall–Kier alpha value is -2.08. The maximum Gasteiger partial charge on any atom is 0.302 e. The van der Waals surface area contributed by atoms with Crippen molar-refractivity contribution >= 4 is 17.6 Å². The first-order valence-electron chi connectivity index (χ1n) is 7.30. The molecule has 0 bridgehead atoms. The monoisotopic (exact) mass is 310 g/mol. The van der Waals surface area contributed by atoms with E-state index in [0.717, 1.165) is 5.69 Å². The van der Waals surface area contributed by atoms with Crippen LogP contribution in [0.5, 0.6) is 0 Å². The predicted molar refractivity (Wildman–Crippen MR) is 86.5 cm³/mol. The maximum atomic E-state index is 11.9. The molecule has 0 aromatic heterocycles. The number of ether oxygens (including phenoxy) is 1. The van der Waals surface area contributed by atoms with E-state index < -0.39 is 5.97 Å². The number of anilines is 1. The maximum absolute atomic E-state index is 11.9. The van der Waals surface area contributed by atoms with Crippen molar-refractivity contribution in [2.45, 2.75) is 47.3 Å². The second-order valence-electron chi connectivity index (χ2n) is 4.59. The smallest absolute Gasteiger partial charge is 0.302 e. The predicted octanol–water partition coefficient (Wildman–Crippen LogP) is 2.89. The number of rotatable bonds is 6. The molecule has 124 valence electrons. The molecule has 0 aliphatic heterocycles. The normalized spacial score (nSPS) is 9.59. The number of carbonyl (C=O) groups is 2. The molecule has 0 unspecified atom stereocenters. The van der Waals surface area contributed by atoms with Gasteiger partial charge in [0, 0.05) is 24.2 Å². The van der Waals surface area contributed by atoms with Crippen LogP contribution in [0.3, 0.4) is 0 Å². The highest BCUT2D eigenvalue weighted by Crippen LogP contribution is 2.18. The van der Waals surface area contributed by atoms with E-state index in [2.05, 4.69) is 15.6 Å². The van der Waals surface area contributed by atoms with Gasteiger partial charge < -0.3 is 10.1 Å². The Bertz CT molecular complexity index is 487. The number of esters is 1. The van der Waals surface area contributed by atoms with Gasteiger partial charge in [0.15, 0.2) is 0 Å². The van der Waals surface area contributed by atoms with Gasteiger partial charge >= 0.3 is 5.97 Å². The van der Waals surface area contributed by atoms with Crippen LogP contribution >= 0.6 is 0 Å². The quantitative estimate of drug-likeness (QED) is 0.624. The number of hydrogen-bond donors (Lipinski definition) is 2. The van der Waals surface area contributed by atoms with E-state index >= 15 is 0 Å². The Kier molecular flexibility index (Phi) is 9.61. The first kappa shape index (κ1) is 19.9. The summed E-state index contributed by atoms with van der Waals surface area (Å²) in [6.45, 7) is 9.37. The van der Waals surface area contributed by atoms with Gasteiger partial charge in [-0.3, -0.25) is 14.4 Å². The molecule has 0 spiro atoms. The fourth-order valence-electron chi connectivity index (χ4n) is 1.66. The van der Waals surface area contributed by atoms with Crippen molar-refractivity contribution in [1.82, 2.24) is 5.48 Å². The minimum Gasteiger partial charge on any atom is -0.461 e. The van der Waals surface area contributed by atoms with Crippen LogP contribution in [-0.2, 0) is 21.0 Å². The van der Waals surface area contributed by atoms with Crippen molar-refractivity contribution in [3.05, 3.63) is 29.3 Å². The van der Waals surface area contributed by atoms with Crippen LogP contribution in [0.2, 0.25) is 0 Å². The third-order valence-electron chi connectivity index (χ3n) is 2.44. The van der Waals surface area contributed by atoms with Gasteiger partial charge in [0.2, 0.25) is 0 Å². The lowest BCUT2D eigenvalue weighted by atomic mass is 10.1. The molecule has 22 heavy (non-hydrogen) atoms. The number of amides is 1. The van der Waals surface area contributed by atoms with Crippen LogP contribution in [-0.4, -0.2) is 25.0 Å². The summed E-state index contributed by atoms with van der Waals surface area (Å²) in [4.78, 5) is 27.5. The second kappa shape index (κ2) is 10.6. The Morgan fingerprint density at radius 2 is 1.86 bits per heavy atom. The average Bonchev–Trinajstić information content (AvgIpc) is 2.47. The van der Waals surface area contributed by atoms with Crippen LogP contribution in [0.1, 0.15) is 50.5 Å². The highest BCUT2D eigenvalue weighted by molar-refractivity contribution is 5.96. The third kappa shape index (κ3) is 7.08. The van der Waals surface area contributed by atoms with Crippen molar-refractivity contribution in [2.24, 2.45) is 0 Å². The summed E-state index contributed by atoms with van der Waals surface area (Å²) in [5, 5.41) is 3.21. The summed E-state index contributed by atoms with van der Waals surface area (Å²) < 4.78 is 4.94. The Morgan fingerprint density at radius 3 is 2.36 bits per heavy atom. The zero-order valence-corrected chi connectivity index (χ0v) is 14.1. The van der Waals surface area contributed by atoms with Crippen molar-refractivity contribution in [1.29, 1.82) is 0 Å². The van der Waals surface area contributed by atoms with Crippen molar-refractivity contribution in [3.63, 3.8) is 0 Å². The molecule has 0 aliphatic rings. The Morgan fingerprint density at radius 1 is 1.23 bits per heavy atom. The van der Waals surface area contributed by atoms with Gasteiger partial charge in [-0.25, -0.2) is 5.48 Å². The van der Waals surface area contributed by atoms with E-state index in [0.29, 0.717) is 11.1 Å². The zero-order valence-electron chi connectivity index (χ0n) is 14.1. The molecular formula is C16H26N2O4. The van der Waals surface area contributed by atoms with Gasteiger partial charge in [-0.05, 0) is 26.0 Å². The number of nitrogens with one attached hydrogen (secondary N) is 2. The molecule has 0 fully saturated rings. The minimum absolute atomic E-state index is 0.0454. The topological polar surface area (TPSA) is 76.7 Å². The number of hydrogen-bond acceptors (Lipinski definition) is 5. The number of carbonyl (C=O) groups excluding carboxylic acids is 2. The first-order chi connectivity index (χ1) is 10.4. The molecule has 0 saturated heterocycles.